The van der Waals surface area contributed by atoms with E-state index < -0.39 is 10.0 Å². The summed E-state index contributed by atoms with van der Waals surface area (Å²) >= 11 is 1.65. The van der Waals surface area contributed by atoms with Gasteiger partial charge in [0.1, 0.15) is 5.75 Å². The SMILES string of the molecule is CCN(CC(=O)Nc1cc(S(=O)(=O)N(C)C)ccc1OC)Cc1cccs1. The summed E-state index contributed by atoms with van der Waals surface area (Å²) in [5.41, 5.74) is 0.331. The summed E-state index contributed by atoms with van der Waals surface area (Å²) in [6.45, 7) is 3.60. The Kier molecular flexibility index (Phi) is 7.37. The highest BCUT2D eigenvalue weighted by atomic mass is 32.2. The van der Waals surface area contributed by atoms with Crippen molar-refractivity contribution in [1.29, 1.82) is 0 Å². The summed E-state index contributed by atoms with van der Waals surface area (Å²) in [7, 11) is 0.787. The summed E-state index contributed by atoms with van der Waals surface area (Å²) in [6, 6.07) is 8.43. The molecule has 0 unspecified atom stereocenters. The second-order valence-electron chi connectivity index (χ2n) is 6.08. The fraction of sp³-hybridized carbons (Fsp3) is 0.389. The van der Waals surface area contributed by atoms with Gasteiger partial charge in [-0.25, -0.2) is 12.7 Å². The van der Waals surface area contributed by atoms with Gasteiger partial charge in [0.2, 0.25) is 15.9 Å². The van der Waals surface area contributed by atoms with Crippen molar-refractivity contribution < 1.29 is 17.9 Å². The van der Waals surface area contributed by atoms with E-state index in [4.69, 9.17) is 4.74 Å². The Balaban J connectivity index is 2.15. The topological polar surface area (TPSA) is 79.0 Å². The molecular formula is C18H25N3O4S2. The number of nitrogens with one attached hydrogen (secondary N) is 1. The van der Waals surface area contributed by atoms with Crippen molar-refractivity contribution in [2.45, 2.75) is 18.4 Å². The zero-order valence-corrected chi connectivity index (χ0v) is 17.6. The molecule has 0 aliphatic heterocycles. The second-order valence-corrected chi connectivity index (χ2v) is 9.26. The lowest BCUT2D eigenvalue weighted by molar-refractivity contribution is -0.117. The molecule has 1 aromatic heterocycles. The standard InChI is InChI=1S/C18H25N3O4S2/c1-5-21(12-14-7-6-10-26-14)13-18(22)19-16-11-15(8-9-17(16)25-4)27(23,24)20(2)3/h6-11H,5,12-13H2,1-4H3,(H,19,22). The number of amides is 1. The third-order valence-electron chi connectivity index (χ3n) is 4.00. The molecule has 27 heavy (non-hydrogen) atoms. The number of thiophene rings is 1. The van der Waals surface area contributed by atoms with Gasteiger partial charge in [-0.05, 0) is 36.2 Å². The van der Waals surface area contributed by atoms with E-state index in [0.717, 1.165) is 10.8 Å². The Hall–Kier alpha value is -1.94. The normalized spacial score (nSPS) is 11.8. The molecule has 0 spiro atoms. The first-order valence-corrected chi connectivity index (χ1v) is 10.7. The fourth-order valence-corrected chi connectivity index (χ4v) is 4.13. The number of carbonyl (C=O) groups excluding carboxylic acids is 1. The minimum absolute atomic E-state index is 0.0922. The van der Waals surface area contributed by atoms with Crippen LogP contribution in [0.2, 0.25) is 0 Å². The summed E-state index contributed by atoms with van der Waals surface area (Å²) in [5, 5.41) is 4.78. The lowest BCUT2D eigenvalue weighted by atomic mass is 10.3. The van der Waals surface area contributed by atoms with Crippen LogP contribution in [-0.2, 0) is 21.4 Å². The molecule has 1 heterocycles. The van der Waals surface area contributed by atoms with E-state index in [1.165, 1.54) is 44.3 Å². The summed E-state index contributed by atoms with van der Waals surface area (Å²) in [5.74, 6) is 0.175. The Morgan fingerprint density at radius 2 is 2.00 bits per heavy atom. The molecule has 7 nitrogen and oxygen atoms in total. The van der Waals surface area contributed by atoms with E-state index in [9.17, 15) is 13.2 Å². The van der Waals surface area contributed by atoms with Crippen LogP contribution >= 0.6 is 11.3 Å². The van der Waals surface area contributed by atoms with E-state index in [0.29, 0.717) is 18.0 Å². The van der Waals surface area contributed by atoms with Crippen LogP contribution in [0.15, 0.2) is 40.6 Å². The monoisotopic (exact) mass is 411 g/mol. The molecule has 0 bridgehead atoms. The number of carbonyl (C=O) groups is 1. The molecule has 1 N–H and O–H groups in total. The van der Waals surface area contributed by atoms with Crippen molar-refractivity contribution in [1.82, 2.24) is 9.21 Å². The molecule has 0 atom stereocenters. The molecule has 148 valence electrons. The van der Waals surface area contributed by atoms with E-state index in [2.05, 4.69) is 5.32 Å². The van der Waals surface area contributed by atoms with Gasteiger partial charge in [0.05, 0.1) is 24.2 Å². The van der Waals surface area contributed by atoms with Crippen LogP contribution in [0.4, 0.5) is 5.69 Å². The number of likely N-dealkylation sites (N-methyl/N-ethyl adjacent to an activating group) is 1. The molecule has 0 fully saturated rings. The maximum absolute atomic E-state index is 12.5. The molecule has 0 saturated heterocycles. The smallest absolute Gasteiger partial charge is 0.242 e. The molecular weight excluding hydrogens is 386 g/mol. The Morgan fingerprint density at radius 3 is 2.56 bits per heavy atom. The summed E-state index contributed by atoms with van der Waals surface area (Å²) < 4.78 is 31.1. The number of anilines is 1. The Labute approximate surface area is 164 Å². The largest absolute Gasteiger partial charge is 0.495 e. The molecule has 1 amide bonds. The van der Waals surface area contributed by atoms with Gasteiger partial charge >= 0.3 is 0 Å². The number of hydrogen-bond acceptors (Lipinski definition) is 6. The van der Waals surface area contributed by atoms with E-state index >= 15 is 0 Å². The molecule has 9 heteroatoms. The van der Waals surface area contributed by atoms with E-state index in [1.54, 1.807) is 11.3 Å². The van der Waals surface area contributed by atoms with Crippen LogP contribution in [0.3, 0.4) is 0 Å². The highest BCUT2D eigenvalue weighted by Gasteiger charge is 2.20. The predicted molar refractivity (Wildman–Crippen MR) is 108 cm³/mol. The first-order chi connectivity index (χ1) is 12.8. The lowest BCUT2D eigenvalue weighted by Crippen LogP contribution is -2.32. The van der Waals surface area contributed by atoms with Crippen LogP contribution in [0, 0.1) is 0 Å². The van der Waals surface area contributed by atoms with Gasteiger partial charge in [-0.3, -0.25) is 9.69 Å². The van der Waals surface area contributed by atoms with Gasteiger partial charge < -0.3 is 10.1 Å². The molecule has 2 aromatic rings. The third-order valence-corrected chi connectivity index (χ3v) is 6.67. The number of benzene rings is 1. The highest BCUT2D eigenvalue weighted by Crippen LogP contribution is 2.28. The van der Waals surface area contributed by atoms with Gasteiger partial charge in [-0.15, -0.1) is 11.3 Å². The van der Waals surface area contributed by atoms with Gasteiger partial charge in [0, 0.05) is 25.5 Å². The second kappa shape index (κ2) is 9.32. The van der Waals surface area contributed by atoms with Gasteiger partial charge in [-0.1, -0.05) is 13.0 Å². The van der Waals surface area contributed by atoms with Gasteiger partial charge in [0.15, 0.2) is 0 Å². The first kappa shape index (κ1) is 21.4. The van der Waals surface area contributed by atoms with Crippen LogP contribution < -0.4 is 10.1 Å². The molecule has 1 aromatic carbocycles. The third kappa shape index (κ3) is 5.52. The van der Waals surface area contributed by atoms with E-state index in [-0.39, 0.29) is 17.3 Å². The zero-order valence-electron chi connectivity index (χ0n) is 15.9. The predicted octanol–water partition coefficient (Wildman–Crippen LogP) is 2.47. The minimum Gasteiger partial charge on any atom is -0.495 e. The van der Waals surface area contributed by atoms with Crippen LogP contribution in [0.5, 0.6) is 5.75 Å². The molecule has 0 aliphatic carbocycles. The lowest BCUT2D eigenvalue weighted by Gasteiger charge is -2.20. The van der Waals surface area contributed by atoms with Gasteiger partial charge in [0.25, 0.3) is 0 Å². The van der Waals surface area contributed by atoms with Crippen molar-refractivity contribution in [3.8, 4) is 5.75 Å². The van der Waals surface area contributed by atoms with E-state index in [1.807, 2.05) is 29.3 Å². The average molecular weight is 412 g/mol. The number of rotatable bonds is 9. The maximum Gasteiger partial charge on any atom is 0.242 e. The average Bonchev–Trinajstić information content (AvgIpc) is 3.13. The van der Waals surface area contributed by atoms with Crippen LogP contribution in [0.1, 0.15) is 11.8 Å². The maximum atomic E-state index is 12.5. The Morgan fingerprint density at radius 1 is 1.26 bits per heavy atom. The van der Waals surface area contributed by atoms with Crippen molar-refractivity contribution >= 4 is 33.0 Å². The summed E-state index contributed by atoms with van der Waals surface area (Å²) in [6.07, 6.45) is 0. The number of sulfonamides is 1. The number of nitrogens with zero attached hydrogens (tertiary/aromatic N) is 2. The first-order valence-electron chi connectivity index (χ1n) is 8.43. The quantitative estimate of drug-likeness (QED) is 0.686. The highest BCUT2D eigenvalue weighted by molar-refractivity contribution is 7.89. The Bertz CT molecular complexity index is 865. The van der Waals surface area contributed by atoms with Crippen LogP contribution in [0.25, 0.3) is 0 Å². The van der Waals surface area contributed by atoms with Crippen molar-refractivity contribution in [3.63, 3.8) is 0 Å². The minimum atomic E-state index is -3.60. The van der Waals surface area contributed by atoms with Crippen LogP contribution in [-0.4, -0.2) is 57.8 Å². The zero-order chi connectivity index (χ0) is 20.0. The van der Waals surface area contributed by atoms with Crippen molar-refractivity contribution in [2.24, 2.45) is 0 Å². The summed E-state index contributed by atoms with van der Waals surface area (Å²) in [4.78, 5) is 15.8. The number of hydrogen-bond donors (Lipinski definition) is 1. The fourth-order valence-electron chi connectivity index (χ4n) is 2.45. The number of methoxy groups -OCH3 is 1. The molecule has 0 aliphatic rings. The molecule has 2 rings (SSSR count). The van der Waals surface area contributed by atoms with Crippen molar-refractivity contribution in [3.05, 3.63) is 40.6 Å². The molecule has 0 saturated carbocycles. The molecule has 0 radical (unpaired) electrons. The number of ether oxygens (including phenoxy) is 1. The van der Waals surface area contributed by atoms with Crippen molar-refractivity contribution in [2.75, 3.05) is 39.6 Å². The van der Waals surface area contributed by atoms with Gasteiger partial charge in [-0.2, -0.15) is 0 Å².